The van der Waals surface area contributed by atoms with Crippen LogP contribution in [0.5, 0.6) is 11.5 Å². The molecule has 5 rings (SSSR count). The number of ether oxygens (including phenoxy) is 1. The van der Waals surface area contributed by atoms with Crippen LogP contribution >= 0.6 is 34.7 Å². The minimum atomic E-state index is -1.50. The van der Waals surface area contributed by atoms with Gasteiger partial charge < -0.3 is 40.0 Å². The van der Waals surface area contributed by atoms with Crippen LogP contribution in [-0.2, 0) is 28.8 Å². The molecule has 1 aromatic heterocycles. The number of nitrogen functional groups attached to an aromatic ring is 1. The second-order valence-electron chi connectivity index (χ2n) is 13.0. The van der Waals surface area contributed by atoms with Crippen LogP contribution in [0.15, 0.2) is 33.9 Å². The molecule has 2 amide bonds. The van der Waals surface area contributed by atoms with Crippen molar-refractivity contribution >= 4 is 75.6 Å². The van der Waals surface area contributed by atoms with Crippen molar-refractivity contribution in [1.29, 1.82) is 0 Å². The summed E-state index contributed by atoms with van der Waals surface area (Å²) >= 11 is 8.57. The minimum absolute atomic E-state index is 0.0368. The molecule has 0 unspecified atom stereocenters. The summed E-state index contributed by atoms with van der Waals surface area (Å²) < 4.78 is 5.35. The van der Waals surface area contributed by atoms with Crippen LogP contribution < -0.4 is 5.73 Å². The second-order valence-corrected chi connectivity index (χ2v) is 15.4. The van der Waals surface area contributed by atoms with Gasteiger partial charge in [0.15, 0.2) is 28.1 Å². The van der Waals surface area contributed by atoms with E-state index in [4.69, 9.17) is 26.9 Å². The first-order chi connectivity index (χ1) is 24.1. The number of nitrogens with two attached hydrogens (primary N) is 1. The smallest absolute Gasteiger partial charge is 0.352 e. The van der Waals surface area contributed by atoms with Gasteiger partial charge in [0.05, 0.1) is 48.1 Å². The molecular formula is C32H38ClN6O10S2+. The lowest BCUT2D eigenvalue weighted by Crippen LogP contribution is -2.63. The Kier molecular flexibility index (Phi) is 11.2. The number of aliphatic carboxylic acids is 1. The predicted molar refractivity (Wildman–Crippen MR) is 187 cm³/mol. The molecule has 5 N–H and O–H groups in total. The Bertz CT molecular complexity index is 1810. The van der Waals surface area contributed by atoms with Gasteiger partial charge in [-0.05, 0) is 12.1 Å². The number of aromatic nitrogens is 1. The first kappa shape index (κ1) is 37.9. The molecule has 274 valence electrons. The van der Waals surface area contributed by atoms with Gasteiger partial charge in [-0.3, -0.25) is 24.1 Å². The number of phenolic OH excluding ortho intramolecular Hbond substituents is 2. The molecule has 1 aromatic carbocycles. The first-order valence-electron chi connectivity index (χ1n) is 15.9. The largest absolute Gasteiger partial charge is 0.504 e. The molecule has 3 aliphatic rings. The number of Topliss-reactive ketones (excluding diaryl/α,β-unsaturated/α-hetero) is 1. The van der Waals surface area contributed by atoms with Crippen molar-refractivity contribution in [2.75, 3.05) is 51.3 Å². The predicted octanol–water partition coefficient (Wildman–Crippen LogP) is 2.63. The lowest BCUT2D eigenvalue weighted by Gasteiger charge is -2.50. The fourth-order valence-electron chi connectivity index (χ4n) is 6.43. The Morgan fingerprint density at radius 1 is 1.25 bits per heavy atom. The number of quaternary nitrogens is 1. The molecular weight excluding hydrogens is 728 g/mol. The summed E-state index contributed by atoms with van der Waals surface area (Å²) in [4.78, 5) is 76.0. The highest BCUT2D eigenvalue weighted by molar-refractivity contribution is 8.00. The summed E-state index contributed by atoms with van der Waals surface area (Å²) in [5.74, 6) is -5.82. The summed E-state index contributed by atoms with van der Waals surface area (Å²) in [5.41, 5.74) is 6.20. The number of hydrogen-bond donors (Lipinski definition) is 4. The Balaban J connectivity index is 1.31. The standard InChI is InChI=1S/C32H37ClN6O10S2/c1-32(2,48-16-40)49-36-24(20-15-51-31(34)35-20)22(42)12-19-28(45)38-25(30(46)47)17(14-50-29(19)38)13-39(9-4-5-10-39)11-8-37(3)27(44)18-6-7-21(41)26(43)23(18)33/h6-7,15-16,19,29H,4-5,8-14H2,1-3H3,(H4-,34,35,36,41,42,43,44,46,47)/p+1/t19-,29-/m1/s1. The van der Waals surface area contributed by atoms with E-state index < -0.39 is 52.1 Å². The van der Waals surface area contributed by atoms with E-state index in [1.807, 2.05) is 0 Å². The molecule has 2 fully saturated rings. The van der Waals surface area contributed by atoms with Crippen LogP contribution in [0.25, 0.3) is 0 Å². The molecule has 4 heterocycles. The quantitative estimate of drug-likeness (QED) is 0.0390. The number of fused-ring (bicyclic) bond motifs is 1. The molecule has 0 aliphatic carbocycles. The van der Waals surface area contributed by atoms with E-state index in [1.165, 1.54) is 52.9 Å². The number of anilines is 1. The zero-order valence-corrected chi connectivity index (χ0v) is 30.4. The monoisotopic (exact) mass is 765 g/mol. The van der Waals surface area contributed by atoms with Gasteiger partial charge in [-0.1, -0.05) is 16.8 Å². The van der Waals surface area contributed by atoms with Gasteiger partial charge in [0.1, 0.15) is 17.9 Å². The number of hydrogen-bond acceptors (Lipinski definition) is 14. The molecule has 0 radical (unpaired) electrons. The number of carboxylic acid groups (broad SMARTS) is 1. The fraction of sp³-hybridized carbons (Fsp3) is 0.469. The van der Waals surface area contributed by atoms with E-state index in [1.54, 1.807) is 7.05 Å². The number of rotatable bonds is 15. The van der Waals surface area contributed by atoms with Gasteiger partial charge in [-0.25, -0.2) is 9.78 Å². The van der Waals surface area contributed by atoms with Crippen LogP contribution in [0, 0.1) is 5.92 Å². The molecule has 3 aliphatic heterocycles. The van der Waals surface area contributed by atoms with Gasteiger partial charge >= 0.3 is 5.97 Å². The highest BCUT2D eigenvalue weighted by Gasteiger charge is 2.55. The topological polar surface area (TPSA) is 222 Å². The summed E-state index contributed by atoms with van der Waals surface area (Å²) in [6, 6.07) is 2.53. The number of halogens is 1. The summed E-state index contributed by atoms with van der Waals surface area (Å²) in [7, 11) is 1.60. The Morgan fingerprint density at radius 2 is 1.96 bits per heavy atom. The van der Waals surface area contributed by atoms with E-state index in [-0.39, 0.29) is 45.7 Å². The Hall–Kier alpha value is -4.39. The van der Waals surface area contributed by atoms with Gasteiger partial charge in [0.2, 0.25) is 5.91 Å². The number of oxime groups is 1. The van der Waals surface area contributed by atoms with Crippen LogP contribution in [0.1, 0.15) is 49.2 Å². The third kappa shape index (κ3) is 7.93. The number of thiazole rings is 1. The second kappa shape index (κ2) is 15.1. The molecule has 0 saturated carbocycles. The summed E-state index contributed by atoms with van der Waals surface area (Å²) in [6.45, 7) is 5.66. The van der Waals surface area contributed by atoms with Gasteiger partial charge in [-0.15, -0.1) is 23.1 Å². The highest BCUT2D eigenvalue weighted by atomic mass is 35.5. The molecule has 0 bridgehead atoms. The van der Waals surface area contributed by atoms with E-state index in [0.717, 1.165) is 37.3 Å². The maximum atomic E-state index is 13.6. The first-order valence-corrected chi connectivity index (χ1v) is 18.2. The Labute approximate surface area is 306 Å². The molecule has 0 spiro atoms. The number of phenols is 2. The SMILES string of the molecule is CN(CC[N+]1(CC2=C(C(=O)O)N3C(=O)[C@@H](CC(=O)/C(=N/OC(C)(C)OC=O)c4csc(N)n4)[C@H]3SC2)CCCC1)C(=O)c1ccc(O)c(O)c1Cl. The maximum absolute atomic E-state index is 13.6. The Morgan fingerprint density at radius 3 is 2.59 bits per heavy atom. The number of carbonyl (C=O) groups is 5. The lowest BCUT2D eigenvalue weighted by atomic mass is 9.89. The average molecular weight is 766 g/mol. The van der Waals surface area contributed by atoms with Gasteiger partial charge in [0, 0.05) is 56.9 Å². The molecule has 2 saturated heterocycles. The third-order valence-corrected chi connectivity index (χ3v) is 11.6. The van der Waals surface area contributed by atoms with Crippen molar-refractivity contribution in [3.05, 3.63) is 45.1 Å². The van der Waals surface area contributed by atoms with Gasteiger partial charge in [-0.2, -0.15) is 0 Å². The fourth-order valence-corrected chi connectivity index (χ4v) is 8.62. The molecule has 16 nitrogen and oxygen atoms in total. The zero-order chi connectivity index (χ0) is 37.2. The van der Waals surface area contributed by atoms with E-state index in [2.05, 4.69) is 10.1 Å². The number of β-lactam (4-membered cyclic amide) rings is 1. The van der Waals surface area contributed by atoms with Crippen molar-refractivity contribution in [3.8, 4) is 11.5 Å². The van der Waals surface area contributed by atoms with Crippen LogP contribution in [0.2, 0.25) is 5.02 Å². The average Bonchev–Trinajstić information content (AvgIpc) is 3.73. The molecule has 19 heteroatoms. The van der Waals surface area contributed by atoms with Crippen molar-refractivity contribution in [2.24, 2.45) is 11.1 Å². The molecule has 2 aromatic rings. The molecule has 2 atom stereocenters. The minimum Gasteiger partial charge on any atom is -0.504 e. The van der Waals surface area contributed by atoms with Crippen LogP contribution in [0.3, 0.4) is 0 Å². The lowest BCUT2D eigenvalue weighted by molar-refractivity contribution is -0.911. The number of ketones is 1. The number of aromatic hydroxyl groups is 2. The summed E-state index contributed by atoms with van der Waals surface area (Å²) in [6.07, 6.45) is 1.52. The van der Waals surface area contributed by atoms with Crippen molar-refractivity contribution in [2.45, 2.75) is 44.3 Å². The number of amides is 2. The van der Waals surface area contributed by atoms with Crippen LogP contribution in [-0.4, -0.2) is 127 Å². The van der Waals surface area contributed by atoms with E-state index in [9.17, 15) is 39.3 Å². The number of carboxylic acids is 1. The number of likely N-dealkylation sites (tertiary alicyclic amines) is 1. The number of likely N-dealkylation sites (N-methyl/N-ethyl adjacent to an activating group) is 1. The molecule has 51 heavy (non-hydrogen) atoms. The maximum Gasteiger partial charge on any atom is 0.352 e. The van der Waals surface area contributed by atoms with E-state index in [0.29, 0.717) is 35.4 Å². The third-order valence-electron chi connectivity index (χ3n) is 9.11. The van der Waals surface area contributed by atoms with Crippen LogP contribution in [0.4, 0.5) is 5.13 Å². The number of nitrogens with zero attached hydrogens (tertiary/aromatic N) is 5. The number of carbonyl (C=O) groups excluding carboxylic acids is 4. The highest BCUT2D eigenvalue weighted by Crippen LogP contribution is 2.46. The van der Waals surface area contributed by atoms with Crippen molar-refractivity contribution in [1.82, 2.24) is 14.8 Å². The van der Waals surface area contributed by atoms with Gasteiger partial charge in [0.25, 0.3) is 18.2 Å². The normalized spacial score (nSPS) is 20.0. The van der Waals surface area contributed by atoms with E-state index >= 15 is 0 Å². The number of thioether (sulfide) groups is 1. The zero-order valence-electron chi connectivity index (χ0n) is 28.0. The number of benzene rings is 1. The van der Waals surface area contributed by atoms with Crippen molar-refractivity contribution in [3.63, 3.8) is 0 Å². The van der Waals surface area contributed by atoms with Crippen molar-refractivity contribution < 1.29 is 53.3 Å². The summed E-state index contributed by atoms with van der Waals surface area (Å²) in [5, 5.41) is 34.8.